The van der Waals surface area contributed by atoms with Crippen molar-refractivity contribution < 1.29 is 4.39 Å². The van der Waals surface area contributed by atoms with Crippen LogP contribution in [0.1, 0.15) is 36.7 Å². The Labute approximate surface area is 152 Å². The van der Waals surface area contributed by atoms with Gasteiger partial charge in [0.05, 0.1) is 6.54 Å². The van der Waals surface area contributed by atoms with Gasteiger partial charge in [-0.05, 0) is 25.0 Å². The molecule has 1 aliphatic carbocycles. The van der Waals surface area contributed by atoms with Gasteiger partial charge in [-0.3, -0.25) is 9.59 Å². The maximum atomic E-state index is 13.3. The molecule has 0 radical (unpaired) electrons. The molecule has 1 fully saturated rings. The molecule has 0 amide bonds. The quantitative estimate of drug-likeness (QED) is 0.661. The second-order valence-corrected chi connectivity index (χ2v) is 7.46. The van der Waals surface area contributed by atoms with Crippen LogP contribution < -0.4 is 11.1 Å². The van der Waals surface area contributed by atoms with Crippen LogP contribution in [0.2, 0.25) is 0 Å². The summed E-state index contributed by atoms with van der Waals surface area (Å²) in [6.45, 7) is 0.173. The second-order valence-electron chi connectivity index (χ2n) is 6.39. The summed E-state index contributed by atoms with van der Waals surface area (Å²) in [4.78, 5) is 24.8. The molecule has 0 aliphatic heterocycles. The molecule has 1 saturated carbocycles. The third-order valence-electron chi connectivity index (χ3n) is 4.65. The molecule has 1 aromatic carbocycles. The maximum Gasteiger partial charge on any atom is 0.316 e. The van der Waals surface area contributed by atoms with Gasteiger partial charge in [-0.25, -0.2) is 4.39 Å². The number of nitrogens with zero attached hydrogens (tertiary/aromatic N) is 4. The zero-order valence-corrected chi connectivity index (χ0v) is 14.8. The predicted molar refractivity (Wildman–Crippen MR) is 96.9 cm³/mol. The summed E-state index contributed by atoms with van der Waals surface area (Å²) in [5.41, 5.74) is -0.408. The number of hydrogen-bond acceptors (Lipinski definition) is 5. The Morgan fingerprint density at radius 3 is 2.69 bits per heavy atom. The van der Waals surface area contributed by atoms with Crippen LogP contribution in [0.4, 0.5) is 4.39 Å². The Morgan fingerprint density at radius 1 is 1.12 bits per heavy atom. The molecule has 26 heavy (non-hydrogen) atoms. The maximum absolute atomic E-state index is 13.3. The molecule has 0 atom stereocenters. The summed E-state index contributed by atoms with van der Waals surface area (Å²) in [7, 11) is 0. The molecule has 134 valence electrons. The van der Waals surface area contributed by atoms with E-state index < -0.39 is 11.1 Å². The highest BCUT2D eigenvalue weighted by Crippen LogP contribution is 2.28. The van der Waals surface area contributed by atoms with Gasteiger partial charge in [-0.2, -0.15) is 0 Å². The number of aromatic nitrogens is 4. The van der Waals surface area contributed by atoms with Gasteiger partial charge in [-0.15, -0.1) is 10.2 Å². The van der Waals surface area contributed by atoms with E-state index in [2.05, 4.69) is 10.2 Å². The molecule has 4 rings (SSSR count). The van der Waals surface area contributed by atoms with Crippen LogP contribution in [-0.2, 0) is 6.54 Å². The highest BCUT2D eigenvalue weighted by atomic mass is 32.1. The average molecular weight is 372 g/mol. The minimum Gasteiger partial charge on any atom is -0.306 e. The highest BCUT2D eigenvalue weighted by Gasteiger charge is 2.19. The summed E-state index contributed by atoms with van der Waals surface area (Å²) in [6, 6.07) is 6.25. The third kappa shape index (κ3) is 3.24. The summed E-state index contributed by atoms with van der Waals surface area (Å²) in [5, 5.41) is 9.29. The summed E-state index contributed by atoms with van der Waals surface area (Å²) >= 11 is 1.28. The van der Waals surface area contributed by atoms with Crippen molar-refractivity contribution in [3.8, 4) is 10.6 Å². The summed E-state index contributed by atoms with van der Waals surface area (Å²) < 4.78 is 16.3. The fraction of sp³-hybridized carbons (Fsp3) is 0.333. The van der Waals surface area contributed by atoms with Crippen molar-refractivity contribution in [1.29, 1.82) is 0 Å². The van der Waals surface area contributed by atoms with Crippen molar-refractivity contribution in [3.05, 3.63) is 68.2 Å². The van der Waals surface area contributed by atoms with Gasteiger partial charge in [0.1, 0.15) is 15.8 Å². The van der Waals surface area contributed by atoms with E-state index in [1.54, 1.807) is 29.1 Å². The van der Waals surface area contributed by atoms with Crippen LogP contribution in [-0.4, -0.2) is 19.3 Å². The Kier molecular flexibility index (Phi) is 4.50. The molecule has 0 spiro atoms. The molecule has 0 N–H and O–H groups in total. The summed E-state index contributed by atoms with van der Waals surface area (Å²) in [6.07, 6.45) is 7.38. The zero-order chi connectivity index (χ0) is 18.1. The Balaban J connectivity index is 1.59. The topological polar surface area (TPSA) is 69.8 Å². The first-order chi connectivity index (χ1) is 12.6. The minimum absolute atomic E-state index is 0.131. The monoisotopic (exact) mass is 372 g/mol. The fourth-order valence-electron chi connectivity index (χ4n) is 3.32. The Hall–Kier alpha value is -2.61. The van der Waals surface area contributed by atoms with Crippen LogP contribution in [0, 0.1) is 5.82 Å². The fourth-order valence-corrected chi connectivity index (χ4v) is 4.15. The second kappa shape index (κ2) is 6.95. The number of rotatable bonds is 4. The first-order valence-corrected chi connectivity index (χ1v) is 9.33. The van der Waals surface area contributed by atoms with E-state index in [-0.39, 0.29) is 18.4 Å². The van der Waals surface area contributed by atoms with Crippen molar-refractivity contribution in [1.82, 2.24) is 19.3 Å². The first kappa shape index (κ1) is 16.8. The molecular weight excluding hydrogens is 355 g/mol. The number of hydrogen-bond donors (Lipinski definition) is 0. The lowest BCUT2D eigenvalue weighted by Crippen LogP contribution is -2.41. The van der Waals surface area contributed by atoms with E-state index in [1.165, 1.54) is 28.0 Å². The van der Waals surface area contributed by atoms with E-state index in [4.69, 9.17) is 0 Å². The van der Waals surface area contributed by atoms with Gasteiger partial charge < -0.3 is 9.13 Å². The molecule has 6 nitrogen and oxygen atoms in total. The molecule has 3 aromatic rings. The van der Waals surface area contributed by atoms with E-state index in [9.17, 15) is 14.0 Å². The molecule has 8 heteroatoms. The van der Waals surface area contributed by atoms with Gasteiger partial charge in [0, 0.05) is 24.0 Å². The van der Waals surface area contributed by atoms with E-state index in [0.717, 1.165) is 25.7 Å². The van der Waals surface area contributed by atoms with Crippen LogP contribution in [0.3, 0.4) is 0 Å². The van der Waals surface area contributed by atoms with Crippen molar-refractivity contribution in [2.24, 2.45) is 0 Å². The van der Waals surface area contributed by atoms with Crippen LogP contribution >= 0.6 is 11.3 Å². The standard InChI is InChI=1S/C18H17FN4O2S/c19-13-5-3-4-12(10-13)16-21-20-15(26-16)11-22-8-9-23(18(25)17(22)24)14-6-1-2-7-14/h3-5,8-10,14H,1-2,6-7,11H2. The SMILES string of the molecule is O=c1c(=O)n(C2CCCC2)ccn1Cc1nnc(-c2cccc(F)c2)s1. The molecule has 0 bridgehead atoms. The molecule has 2 heterocycles. The zero-order valence-electron chi connectivity index (χ0n) is 14.0. The Bertz CT molecular complexity index is 1050. The first-order valence-electron chi connectivity index (χ1n) is 8.52. The van der Waals surface area contributed by atoms with E-state index >= 15 is 0 Å². The lowest BCUT2D eigenvalue weighted by Gasteiger charge is -2.13. The van der Waals surface area contributed by atoms with E-state index in [1.807, 2.05) is 0 Å². The molecule has 0 unspecified atom stereocenters. The number of benzene rings is 1. The van der Waals surface area contributed by atoms with Gasteiger partial charge in [0.2, 0.25) is 0 Å². The minimum atomic E-state index is -0.554. The van der Waals surface area contributed by atoms with Crippen molar-refractivity contribution in [3.63, 3.8) is 0 Å². The van der Waals surface area contributed by atoms with Crippen LogP contribution in [0.15, 0.2) is 46.2 Å². The van der Waals surface area contributed by atoms with Crippen molar-refractivity contribution >= 4 is 11.3 Å². The van der Waals surface area contributed by atoms with Crippen LogP contribution in [0.5, 0.6) is 0 Å². The predicted octanol–water partition coefficient (Wildman–Crippen LogP) is 2.83. The summed E-state index contributed by atoms with van der Waals surface area (Å²) in [5.74, 6) is -0.342. The van der Waals surface area contributed by atoms with Gasteiger partial charge >= 0.3 is 11.1 Å². The normalized spacial score (nSPS) is 14.8. The van der Waals surface area contributed by atoms with Crippen molar-refractivity contribution in [2.45, 2.75) is 38.3 Å². The molecule has 0 saturated heterocycles. The Morgan fingerprint density at radius 2 is 1.92 bits per heavy atom. The van der Waals surface area contributed by atoms with Gasteiger partial charge in [0.25, 0.3) is 0 Å². The van der Waals surface area contributed by atoms with Gasteiger partial charge in [0.15, 0.2) is 0 Å². The average Bonchev–Trinajstić information content (AvgIpc) is 3.31. The molecule has 2 aromatic heterocycles. The number of halogens is 1. The lowest BCUT2D eigenvalue weighted by atomic mass is 10.2. The highest BCUT2D eigenvalue weighted by molar-refractivity contribution is 7.14. The molecule has 1 aliphatic rings. The smallest absolute Gasteiger partial charge is 0.306 e. The lowest BCUT2D eigenvalue weighted by molar-refractivity contribution is 0.488. The van der Waals surface area contributed by atoms with Crippen LogP contribution in [0.25, 0.3) is 10.6 Å². The van der Waals surface area contributed by atoms with Gasteiger partial charge in [-0.1, -0.05) is 36.3 Å². The van der Waals surface area contributed by atoms with E-state index in [0.29, 0.717) is 15.6 Å². The largest absolute Gasteiger partial charge is 0.316 e. The van der Waals surface area contributed by atoms with Crippen molar-refractivity contribution in [2.75, 3.05) is 0 Å². The third-order valence-corrected chi connectivity index (χ3v) is 5.60. The molecular formula is C18H17FN4O2S.